The van der Waals surface area contributed by atoms with E-state index in [1.807, 2.05) is 41.8 Å². The van der Waals surface area contributed by atoms with E-state index in [9.17, 15) is 4.79 Å². The van der Waals surface area contributed by atoms with Gasteiger partial charge in [0, 0.05) is 31.4 Å². The molecule has 0 aliphatic carbocycles. The summed E-state index contributed by atoms with van der Waals surface area (Å²) in [7, 11) is 0. The molecule has 3 rings (SSSR count). The first-order valence-corrected chi connectivity index (χ1v) is 9.70. The Labute approximate surface area is 153 Å². The van der Waals surface area contributed by atoms with Crippen LogP contribution in [0.2, 0.25) is 0 Å². The molecule has 5 heteroatoms. The van der Waals surface area contributed by atoms with Gasteiger partial charge in [0.15, 0.2) is 0 Å². The Morgan fingerprint density at radius 2 is 2.00 bits per heavy atom. The molecule has 1 saturated heterocycles. The minimum absolute atomic E-state index is 0.175. The van der Waals surface area contributed by atoms with Crippen LogP contribution in [0.5, 0.6) is 0 Å². The van der Waals surface area contributed by atoms with Crippen molar-refractivity contribution in [3.8, 4) is 6.07 Å². The molecule has 1 fully saturated rings. The molecular weight excluding hydrogens is 330 g/mol. The van der Waals surface area contributed by atoms with Crippen LogP contribution in [0, 0.1) is 11.3 Å². The number of nitrogens with zero attached hydrogens (tertiary/aromatic N) is 3. The smallest absolute Gasteiger partial charge is 0.264 e. The zero-order chi connectivity index (χ0) is 17.6. The fourth-order valence-electron chi connectivity index (χ4n) is 3.42. The van der Waals surface area contributed by atoms with Crippen LogP contribution in [-0.2, 0) is 0 Å². The van der Waals surface area contributed by atoms with Crippen molar-refractivity contribution in [3.63, 3.8) is 0 Å². The van der Waals surface area contributed by atoms with Gasteiger partial charge in [0.2, 0.25) is 0 Å². The summed E-state index contributed by atoms with van der Waals surface area (Å²) in [6, 6.07) is 14.1. The molecule has 0 unspecified atom stereocenters. The summed E-state index contributed by atoms with van der Waals surface area (Å²) in [5.74, 6) is 0.175. The number of thiophene rings is 1. The molecule has 0 radical (unpaired) electrons. The third kappa shape index (κ3) is 4.02. The van der Waals surface area contributed by atoms with Crippen molar-refractivity contribution in [1.82, 2.24) is 4.90 Å². The number of hydrogen-bond acceptors (Lipinski definition) is 4. The van der Waals surface area contributed by atoms with Crippen LogP contribution in [0.15, 0.2) is 41.8 Å². The number of carbonyl (C=O) groups is 1. The van der Waals surface area contributed by atoms with Gasteiger partial charge in [-0.2, -0.15) is 5.26 Å². The molecule has 0 spiro atoms. The SMILES string of the molecule is CCCN(C(=O)c1cccs1)C1CCN(c2ccc(C#N)cc2)CC1. The summed E-state index contributed by atoms with van der Waals surface area (Å²) < 4.78 is 0. The number of benzene rings is 1. The highest BCUT2D eigenvalue weighted by Gasteiger charge is 2.28. The monoisotopic (exact) mass is 353 g/mol. The van der Waals surface area contributed by atoms with Gasteiger partial charge in [-0.15, -0.1) is 11.3 Å². The van der Waals surface area contributed by atoms with Crippen molar-refractivity contribution in [2.45, 2.75) is 32.2 Å². The molecule has 1 aliphatic rings. The Balaban J connectivity index is 1.64. The van der Waals surface area contributed by atoms with Crippen LogP contribution in [0.3, 0.4) is 0 Å². The molecule has 1 aromatic carbocycles. The van der Waals surface area contributed by atoms with Crippen molar-refractivity contribution in [3.05, 3.63) is 52.2 Å². The maximum atomic E-state index is 12.8. The fourth-order valence-corrected chi connectivity index (χ4v) is 4.09. The largest absolute Gasteiger partial charge is 0.371 e. The highest BCUT2D eigenvalue weighted by molar-refractivity contribution is 7.12. The lowest BCUT2D eigenvalue weighted by Gasteiger charge is -2.39. The Morgan fingerprint density at radius 3 is 2.56 bits per heavy atom. The Kier molecular flexibility index (Phi) is 5.72. The molecule has 0 saturated carbocycles. The van der Waals surface area contributed by atoms with E-state index < -0.39 is 0 Å². The van der Waals surface area contributed by atoms with Crippen molar-refractivity contribution in [2.75, 3.05) is 24.5 Å². The summed E-state index contributed by atoms with van der Waals surface area (Å²) >= 11 is 1.52. The van der Waals surface area contributed by atoms with Crippen LogP contribution in [0.4, 0.5) is 5.69 Å². The van der Waals surface area contributed by atoms with Gasteiger partial charge < -0.3 is 9.80 Å². The van der Waals surface area contributed by atoms with Gasteiger partial charge in [-0.25, -0.2) is 0 Å². The van der Waals surface area contributed by atoms with E-state index >= 15 is 0 Å². The number of rotatable bonds is 5. The second-order valence-electron chi connectivity index (χ2n) is 6.35. The van der Waals surface area contributed by atoms with Gasteiger partial charge in [0.05, 0.1) is 16.5 Å². The fraction of sp³-hybridized carbons (Fsp3) is 0.400. The average molecular weight is 353 g/mol. The predicted octanol–water partition coefficient (Wildman–Crippen LogP) is 4.14. The molecule has 0 atom stereocenters. The van der Waals surface area contributed by atoms with Crippen molar-refractivity contribution in [1.29, 1.82) is 5.26 Å². The summed E-state index contributed by atoms with van der Waals surface area (Å²) in [4.78, 5) is 18.1. The van der Waals surface area contributed by atoms with Crippen molar-refractivity contribution in [2.24, 2.45) is 0 Å². The quantitative estimate of drug-likeness (QED) is 0.811. The maximum absolute atomic E-state index is 12.8. The highest BCUT2D eigenvalue weighted by Crippen LogP contribution is 2.25. The summed E-state index contributed by atoms with van der Waals surface area (Å²) in [6.45, 7) is 4.82. The summed E-state index contributed by atoms with van der Waals surface area (Å²) in [5.41, 5.74) is 1.85. The number of nitriles is 1. The molecule has 25 heavy (non-hydrogen) atoms. The molecule has 1 aromatic heterocycles. The first-order chi connectivity index (χ1) is 12.2. The second kappa shape index (κ2) is 8.17. The first-order valence-electron chi connectivity index (χ1n) is 8.82. The number of carbonyl (C=O) groups excluding carboxylic acids is 1. The molecule has 130 valence electrons. The number of hydrogen-bond donors (Lipinski definition) is 0. The van der Waals surface area contributed by atoms with Crippen LogP contribution < -0.4 is 4.90 Å². The van der Waals surface area contributed by atoms with Gasteiger partial charge in [0.25, 0.3) is 5.91 Å². The van der Waals surface area contributed by atoms with Crippen LogP contribution in [0.1, 0.15) is 41.4 Å². The highest BCUT2D eigenvalue weighted by atomic mass is 32.1. The minimum atomic E-state index is 0.175. The standard InChI is InChI=1S/C20H23N3OS/c1-2-11-23(20(24)19-4-3-14-25-19)18-9-12-22(13-10-18)17-7-5-16(15-21)6-8-17/h3-8,14,18H,2,9-13H2,1H3. The lowest BCUT2D eigenvalue weighted by atomic mass is 10.0. The first kappa shape index (κ1) is 17.5. The Bertz CT molecular complexity index is 725. The Morgan fingerprint density at radius 1 is 1.28 bits per heavy atom. The van der Waals surface area contributed by atoms with E-state index in [0.29, 0.717) is 11.6 Å². The number of anilines is 1. The van der Waals surface area contributed by atoms with Crippen molar-refractivity contribution < 1.29 is 4.79 Å². The average Bonchev–Trinajstić information content (AvgIpc) is 3.21. The third-order valence-corrected chi connectivity index (χ3v) is 5.58. The molecule has 2 aromatic rings. The van der Waals surface area contributed by atoms with Crippen LogP contribution >= 0.6 is 11.3 Å². The lowest BCUT2D eigenvalue weighted by Crippen LogP contribution is -2.47. The Hall–Kier alpha value is -2.32. The van der Waals surface area contributed by atoms with Gasteiger partial charge in [0.1, 0.15) is 0 Å². The van der Waals surface area contributed by atoms with Gasteiger partial charge in [-0.1, -0.05) is 13.0 Å². The zero-order valence-corrected chi connectivity index (χ0v) is 15.3. The lowest BCUT2D eigenvalue weighted by molar-refractivity contribution is 0.0655. The van der Waals surface area contributed by atoms with E-state index in [2.05, 4.69) is 22.8 Å². The van der Waals surface area contributed by atoms with E-state index in [4.69, 9.17) is 5.26 Å². The van der Waals surface area contributed by atoms with Crippen molar-refractivity contribution >= 4 is 22.9 Å². The van der Waals surface area contributed by atoms with E-state index in [0.717, 1.165) is 49.5 Å². The molecule has 1 amide bonds. The predicted molar refractivity (Wildman–Crippen MR) is 102 cm³/mol. The normalized spacial score (nSPS) is 15.0. The maximum Gasteiger partial charge on any atom is 0.264 e. The molecular formula is C20H23N3OS. The molecule has 1 aliphatic heterocycles. The summed E-state index contributed by atoms with van der Waals surface area (Å²) in [6.07, 6.45) is 2.95. The zero-order valence-electron chi connectivity index (χ0n) is 14.5. The van der Waals surface area contributed by atoms with E-state index in [-0.39, 0.29) is 5.91 Å². The van der Waals surface area contributed by atoms with Crippen LogP contribution in [0.25, 0.3) is 0 Å². The third-order valence-electron chi connectivity index (χ3n) is 4.72. The molecule has 0 N–H and O–H groups in total. The second-order valence-corrected chi connectivity index (χ2v) is 7.30. The van der Waals surface area contributed by atoms with Gasteiger partial charge >= 0.3 is 0 Å². The topological polar surface area (TPSA) is 47.3 Å². The molecule has 0 bridgehead atoms. The van der Waals surface area contributed by atoms with Gasteiger partial charge in [-0.3, -0.25) is 4.79 Å². The number of piperidine rings is 1. The molecule has 4 nitrogen and oxygen atoms in total. The summed E-state index contributed by atoms with van der Waals surface area (Å²) in [5, 5.41) is 10.9. The minimum Gasteiger partial charge on any atom is -0.371 e. The van der Waals surface area contributed by atoms with E-state index in [1.54, 1.807) is 0 Å². The van der Waals surface area contributed by atoms with E-state index in [1.165, 1.54) is 11.3 Å². The van der Waals surface area contributed by atoms with Gasteiger partial charge in [-0.05, 0) is 55.0 Å². The molecule has 2 heterocycles. The number of amides is 1. The van der Waals surface area contributed by atoms with Crippen LogP contribution in [-0.4, -0.2) is 36.5 Å².